The molecule has 0 saturated heterocycles. The molecule has 5 aromatic rings. The number of rotatable bonds is 10. The molecule has 0 radical (unpaired) electrons. The Labute approximate surface area is 297 Å². The molecule has 0 amide bonds. The summed E-state index contributed by atoms with van der Waals surface area (Å²) < 4.78 is 46.0. The molecule has 0 bridgehead atoms. The molecule has 0 aromatic heterocycles. The molecule has 5 aromatic carbocycles. The van der Waals surface area contributed by atoms with Crippen LogP contribution in [0.2, 0.25) is 0 Å². The number of anilines is 5. The maximum absolute atomic E-state index is 11.7. The predicted octanol–water partition coefficient (Wildman–Crippen LogP) is 5.77. The van der Waals surface area contributed by atoms with Crippen molar-refractivity contribution in [3.63, 3.8) is 0 Å². The van der Waals surface area contributed by atoms with Crippen LogP contribution < -0.4 is 48.8 Å². The Morgan fingerprint density at radius 3 is 1.80 bits per heavy atom. The second kappa shape index (κ2) is 14.5. The Kier molecular flexibility index (Phi) is 10.7. The third kappa shape index (κ3) is 7.10. The third-order valence-electron chi connectivity index (χ3n) is 7.99. The zero-order chi connectivity index (χ0) is 31.6. The minimum atomic E-state index is -4.39. The fourth-order valence-electron chi connectivity index (χ4n) is 5.51. The van der Waals surface area contributed by atoms with Crippen molar-refractivity contribution >= 4 is 50.3 Å². The second-order valence-electron chi connectivity index (χ2n) is 10.7. The van der Waals surface area contributed by atoms with Gasteiger partial charge in [0.05, 0.1) is 35.7 Å². The minimum Gasteiger partial charge on any atom is -0.748 e. The van der Waals surface area contributed by atoms with E-state index in [0.29, 0.717) is 6.54 Å². The van der Waals surface area contributed by atoms with Gasteiger partial charge in [0.25, 0.3) is 0 Å². The Morgan fingerprint density at radius 1 is 0.739 bits per heavy atom. The van der Waals surface area contributed by atoms with Crippen LogP contribution in [0.4, 0.5) is 28.4 Å². The molecular formula is C36H33N2NaO5S2. The van der Waals surface area contributed by atoms with E-state index < -0.39 is 15.4 Å². The number of hydrogen-bond donors (Lipinski definition) is 0. The molecule has 0 N–H and O–H groups in total. The van der Waals surface area contributed by atoms with Crippen LogP contribution in [0, 0.1) is 0 Å². The molecule has 0 aliphatic carbocycles. The number of benzene rings is 5. The Morgan fingerprint density at radius 2 is 1.26 bits per heavy atom. The van der Waals surface area contributed by atoms with Crippen LogP contribution in [0.5, 0.6) is 11.5 Å². The molecule has 230 valence electrons. The van der Waals surface area contributed by atoms with Crippen molar-refractivity contribution in [2.24, 2.45) is 0 Å². The van der Waals surface area contributed by atoms with Gasteiger partial charge in [-0.05, 0) is 97.8 Å². The fraction of sp³-hybridized carbons (Fsp3) is 0.167. The molecule has 1 aliphatic heterocycles. The van der Waals surface area contributed by atoms with Crippen LogP contribution in [0.1, 0.15) is 13.3 Å². The number of ether oxygens (including phenoxy) is 2. The first-order valence-corrected chi connectivity index (χ1v) is 16.9. The monoisotopic (exact) mass is 660 g/mol. The summed E-state index contributed by atoms with van der Waals surface area (Å²) in [7, 11) is -1.08. The van der Waals surface area contributed by atoms with Gasteiger partial charge in [-0.15, -0.1) is 0 Å². The average Bonchev–Trinajstić information content (AvgIpc) is 3.07. The maximum Gasteiger partial charge on any atom is 1.00 e. The molecular weight excluding hydrogens is 628 g/mol. The van der Waals surface area contributed by atoms with E-state index in [1.54, 1.807) is 26.0 Å². The average molecular weight is 661 g/mol. The number of hydrogen-bond acceptors (Lipinski definition) is 8. The molecule has 0 spiro atoms. The van der Waals surface area contributed by atoms with Crippen molar-refractivity contribution in [2.45, 2.75) is 28.4 Å². The first kappa shape index (κ1) is 33.9. The number of fused-ring (bicyclic) bond motifs is 2. The van der Waals surface area contributed by atoms with Gasteiger partial charge >= 0.3 is 29.6 Å². The maximum atomic E-state index is 11.7. The SMILES string of the molecule is COc1ccc(N(c2ccc(OC)cc2)c2ccc(-c3cccc4c3N(CCC(C)S(=O)(=O)[O-])c3ccccc3S4)cc2)cc1.[Na+]. The molecule has 6 rings (SSSR count). The standard InChI is InChI=1S/C36H34N2O5S2.Na/c1-25(45(39,40)41)23-24-37-33-8-4-5-9-34(33)44-35-10-6-7-32(36(35)37)26-11-13-27(14-12-26)38(28-15-19-30(42-2)20-16-28)29-17-21-31(43-3)22-18-29;/h4-22,25H,23-24H2,1-3H3,(H,39,40,41);/q;+1/p-1. The summed E-state index contributed by atoms with van der Waals surface area (Å²) in [4.78, 5) is 6.50. The van der Waals surface area contributed by atoms with Crippen molar-refractivity contribution in [3.8, 4) is 22.6 Å². The van der Waals surface area contributed by atoms with E-state index in [1.807, 2.05) is 72.8 Å². The minimum absolute atomic E-state index is 0. The quantitative estimate of drug-likeness (QED) is 0.138. The van der Waals surface area contributed by atoms with Gasteiger partial charge < -0.3 is 23.8 Å². The Bertz CT molecular complexity index is 1850. The van der Waals surface area contributed by atoms with Gasteiger partial charge in [0.1, 0.15) is 11.5 Å². The summed E-state index contributed by atoms with van der Waals surface area (Å²) in [5, 5.41) is -0.990. The fourth-order valence-corrected chi connectivity index (χ4v) is 7.03. The van der Waals surface area contributed by atoms with E-state index in [4.69, 9.17) is 9.47 Å². The zero-order valence-corrected chi connectivity index (χ0v) is 29.8. The van der Waals surface area contributed by atoms with Gasteiger partial charge in [-0.3, -0.25) is 0 Å². The van der Waals surface area contributed by atoms with Crippen LogP contribution in [0.15, 0.2) is 125 Å². The van der Waals surface area contributed by atoms with E-state index in [9.17, 15) is 13.0 Å². The summed E-state index contributed by atoms with van der Waals surface area (Å²) in [6, 6.07) is 38.6. The van der Waals surface area contributed by atoms with E-state index in [-0.39, 0.29) is 36.0 Å². The molecule has 7 nitrogen and oxygen atoms in total. The van der Waals surface area contributed by atoms with Crippen molar-refractivity contribution in [1.29, 1.82) is 0 Å². The normalized spacial score (nSPS) is 12.7. The van der Waals surface area contributed by atoms with Gasteiger partial charge in [0, 0.05) is 44.2 Å². The third-order valence-corrected chi connectivity index (χ3v) is 10.3. The number of nitrogens with zero attached hydrogens (tertiary/aromatic N) is 2. The van der Waals surface area contributed by atoms with Crippen LogP contribution in [-0.4, -0.2) is 39.0 Å². The first-order valence-electron chi connectivity index (χ1n) is 14.6. The van der Waals surface area contributed by atoms with E-state index in [2.05, 4.69) is 52.3 Å². The molecule has 46 heavy (non-hydrogen) atoms. The smallest absolute Gasteiger partial charge is 0.748 e. The van der Waals surface area contributed by atoms with Gasteiger partial charge in [0.2, 0.25) is 0 Å². The van der Waals surface area contributed by atoms with Crippen LogP contribution in [0.25, 0.3) is 11.1 Å². The molecule has 0 fully saturated rings. The molecule has 1 atom stereocenters. The van der Waals surface area contributed by atoms with E-state index >= 15 is 0 Å². The van der Waals surface area contributed by atoms with Gasteiger partial charge in [-0.2, -0.15) is 0 Å². The van der Waals surface area contributed by atoms with Crippen molar-refractivity contribution in [2.75, 3.05) is 30.6 Å². The first-order chi connectivity index (χ1) is 21.8. The van der Waals surface area contributed by atoms with Crippen LogP contribution in [0.3, 0.4) is 0 Å². The van der Waals surface area contributed by atoms with Crippen molar-refractivity contribution in [1.82, 2.24) is 0 Å². The summed E-state index contributed by atoms with van der Waals surface area (Å²) >= 11 is 1.69. The zero-order valence-electron chi connectivity index (χ0n) is 26.2. The molecule has 1 unspecified atom stereocenters. The Balaban J connectivity index is 0.00000417. The summed E-state index contributed by atoms with van der Waals surface area (Å²) in [5.74, 6) is 1.56. The topological polar surface area (TPSA) is 82.1 Å². The predicted molar refractivity (Wildman–Crippen MR) is 181 cm³/mol. The summed E-state index contributed by atoms with van der Waals surface area (Å²) in [6.07, 6.45) is 0.218. The molecule has 1 heterocycles. The molecule has 1 aliphatic rings. The number of methoxy groups -OCH3 is 2. The summed E-state index contributed by atoms with van der Waals surface area (Å²) in [6.45, 7) is 1.88. The Hall–Kier alpha value is -3.44. The van der Waals surface area contributed by atoms with Crippen LogP contribution >= 0.6 is 11.8 Å². The van der Waals surface area contributed by atoms with E-state index in [0.717, 1.165) is 60.9 Å². The second-order valence-corrected chi connectivity index (χ2v) is 13.6. The van der Waals surface area contributed by atoms with Gasteiger partial charge in [0.15, 0.2) is 0 Å². The van der Waals surface area contributed by atoms with Crippen molar-refractivity contribution in [3.05, 3.63) is 115 Å². The molecule has 0 saturated carbocycles. The molecule has 10 heteroatoms. The summed E-state index contributed by atoms with van der Waals surface area (Å²) in [5.41, 5.74) is 6.99. The van der Waals surface area contributed by atoms with Gasteiger partial charge in [-0.25, -0.2) is 8.42 Å². The largest absolute Gasteiger partial charge is 1.00 e. The van der Waals surface area contributed by atoms with E-state index in [1.165, 1.54) is 6.92 Å². The number of para-hydroxylation sites is 2. The van der Waals surface area contributed by atoms with Crippen LogP contribution in [-0.2, 0) is 10.1 Å². The van der Waals surface area contributed by atoms with Gasteiger partial charge in [-0.1, -0.05) is 48.2 Å². The van der Waals surface area contributed by atoms with Crippen molar-refractivity contribution < 1.29 is 52.0 Å².